The number of anilines is 1. The molecule has 0 spiro atoms. The van der Waals surface area contributed by atoms with E-state index in [0.29, 0.717) is 47.8 Å². The first-order valence-electron chi connectivity index (χ1n) is 11.7. The van der Waals surface area contributed by atoms with Gasteiger partial charge in [0.1, 0.15) is 0 Å². The summed E-state index contributed by atoms with van der Waals surface area (Å²) in [5.41, 5.74) is 5.95. The summed E-state index contributed by atoms with van der Waals surface area (Å²) in [5.74, 6) is 0.911. The van der Waals surface area contributed by atoms with Gasteiger partial charge in [-0.15, -0.1) is 0 Å². The van der Waals surface area contributed by atoms with Crippen LogP contribution in [0.15, 0.2) is 0 Å². The number of fused-ring (bicyclic) bond motifs is 7. The minimum absolute atomic E-state index is 0.295. The maximum Gasteiger partial charge on any atom is 0.327 e. The second-order valence-electron chi connectivity index (χ2n) is 9.45. The summed E-state index contributed by atoms with van der Waals surface area (Å²) in [6.07, 6.45) is 10.2. The molecule has 5 heteroatoms. The van der Waals surface area contributed by atoms with Crippen LogP contribution in [0.5, 0.6) is 0 Å². The Morgan fingerprint density at radius 2 is 1.97 bits per heavy atom. The topological polar surface area (TPSA) is 51.9 Å². The number of carbonyl (C=O) groups excluding carboxylic acids is 1. The number of esters is 1. The molecule has 1 aromatic carbocycles. The number of hydrogen-bond donors (Lipinski definition) is 1. The molecule has 5 atom stereocenters. The molecule has 5 rings (SSSR count). The van der Waals surface area contributed by atoms with Gasteiger partial charge >= 0.3 is 5.97 Å². The van der Waals surface area contributed by atoms with Gasteiger partial charge in [0.05, 0.1) is 24.8 Å². The van der Waals surface area contributed by atoms with Crippen molar-refractivity contribution in [3.05, 3.63) is 33.7 Å². The average molecular weight is 409 g/mol. The molecule has 30 heavy (non-hydrogen) atoms. The highest BCUT2D eigenvalue weighted by Crippen LogP contribution is 2.57. The molecule has 2 fully saturated rings. The molecule has 1 N–H and O–H groups in total. The standard InChI is InChI=1S/C25H32N2O3/c1-4-30-25(28)22-20-16-12-10-15(29-3)13-14(16)9-11-18(20)23-21(24(22)26-2)17-7-5-6-8-19(17)27-23/h14-17,19,27H,4-13H2,1,3H3. The van der Waals surface area contributed by atoms with Gasteiger partial charge in [-0.3, -0.25) is 0 Å². The van der Waals surface area contributed by atoms with Gasteiger partial charge in [-0.25, -0.2) is 9.64 Å². The Labute approximate surface area is 179 Å². The van der Waals surface area contributed by atoms with Gasteiger partial charge < -0.3 is 14.8 Å². The van der Waals surface area contributed by atoms with Crippen LogP contribution >= 0.6 is 0 Å². The Balaban J connectivity index is 1.70. The van der Waals surface area contributed by atoms with Gasteiger partial charge in [-0.1, -0.05) is 12.8 Å². The number of rotatable bonds is 3. The summed E-state index contributed by atoms with van der Waals surface area (Å²) in [6, 6.07) is 0.415. The van der Waals surface area contributed by atoms with E-state index in [1.807, 2.05) is 6.92 Å². The van der Waals surface area contributed by atoms with E-state index in [-0.39, 0.29) is 5.97 Å². The lowest BCUT2D eigenvalue weighted by molar-refractivity contribution is 0.0378. The van der Waals surface area contributed by atoms with Crippen LogP contribution in [0.25, 0.3) is 4.85 Å². The molecule has 5 unspecified atom stereocenters. The Hall–Kier alpha value is -2.06. The summed E-state index contributed by atoms with van der Waals surface area (Å²) in [4.78, 5) is 17.2. The fourth-order valence-corrected chi connectivity index (χ4v) is 6.85. The minimum Gasteiger partial charge on any atom is -0.463 e. The lowest BCUT2D eigenvalue weighted by Crippen LogP contribution is -2.33. The number of carbonyl (C=O) groups is 1. The largest absolute Gasteiger partial charge is 0.463 e. The molecule has 1 aromatic rings. The zero-order chi connectivity index (χ0) is 20.8. The summed E-state index contributed by atoms with van der Waals surface area (Å²) >= 11 is 0. The third-order valence-corrected chi connectivity index (χ3v) is 8.12. The molecule has 3 aliphatic carbocycles. The molecular formula is C25H32N2O3. The summed E-state index contributed by atoms with van der Waals surface area (Å²) in [7, 11) is 1.81. The molecule has 160 valence electrons. The SMILES string of the molecule is [C-]#[N+]c1c(C(=O)OCC)c2c(c3c1C1CCCCC1N3)CCC1CC(OC)CCC21. The van der Waals surface area contributed by atoms with Crippen molar-refractivity contribution in [3.8, 4) is 0 Å². The molecule has 0 bridgehead atoms. The van der Waals surface area contributed by atoms with Crippen LogP contribution in [0.1, 0.15) is 97.2 Å². The molecule has 5 nitrogen and oxygen atoms in total. The number of benzene rings is 1. The molecule has 0 radical (unpaired) electrons. The van der Waals surface area contributed by atoms with E-state index in [1.165, 1.54) is 24.1 Å². The van der Waals surface area contributed by atoms with E-state index in [0.717, 1.165) is 56.1 Å². The molecule has 0 saturated heterocycles. The highest BCUT2D eigenvalue weighted by atomic mass is 16.5. The predicted molar refractivity (Wildman–Crippen MR) is 116 cm³/mol. The van der Waals surface area contributed by atoms with E-state index < -0.39 is 0 Å². The smallest absolute Gasteiger partial charge is 0.327 e. The van der Waals surface area contributed by atoms with Crippen molar-refractivity contribution in [2.24, 2.45) is 5.92 Å². The number of ether oxygens (including phenoxy) is 2. The first-order chi connectivity index (χ1) is 14.7. The summed E-state index contributed by atoms with van der Waals surface area (Å²) in [5, 5.41) is 3.83. The zero-order valence-electron chi connectivity index (χ0n) is 18.1. The third-order valence-electron chi connectivity index (χ3n) is 8.12. The van der Waals surface area contributed by atoms with Gasteiger partial charge in [-0.2, -0.15) is 0 Å². The van der Waals surface area contributed by atoms with E-state index in [9.17, 15) is 4.79 Å². The van der Waals surface area contributed by atoms with E-state index in [4.69, 9.17) is 16.0 Å². The van der Waals surface area contributed by atoms with Crippen molar-refractivity contribution >= 4 is 17.3 Å². The Morgan fingerprint density at radius 3 is 2.73 bits per heavy atom. The molecule has 1 aliphatic heterocycles. The number of nitrogens with one attached hydrogen (secondary N) is 1. The third kappa shape index (κ3) is 2.95. The summed E-state index contributed by atoms with van der Waals surface area (Å²) in [6.45, 7) is 10.3. The number of nitrogens with zero attached hydrogens (tertiary/aromatic N) is 1. The first kappa shape index (κ1) is 19.9. The van der Waals surface area contributed by atoms with Crippen molar-refractivity contribution in [2.45, 2.75) is 88.7 Å². The molecule has 4 aliphatic rings. The molecule has 1 heterocycles. The maximum absolute atomic E-state index is 13.2. The minimum atomic E-state index is -0.295. The van der Waals surface area contributed by atoms with Crippen LogP contribution in [0, 0.1) is 12.5 Å². The molecule has 0 aromatic heterocycles. The number of methoxy groups -OCH3 is 1. The van der Waals surface area contributed by atoms with Crippen LogP contribution in [0.2, 0.25) is 0 Å². The van der Waals surface area contributed by atoms with Crippen molar-refractivity contribution in [2.75, 3.05) is 19.0 Å². The quantitative estimate of drug-likeness (QED) is 0.514. The van der Waals surface area contributed by atoms with E-state index in [2.05, 4.69) is 10.2 Å². The van der Waals surface area contributed by atoms with Gasteiger partial charge in [0.2, 0.25) is 5.69 Å². The van der Waals surface area contributed by atoms with E-state index >= 15 is 0 Å². The normalized spacial score (nSPS) is 31.4. The van der Waals surface area contributed by atoms with Gasteiger partial charge in [0.25, 0.3) is 0 Å². The molecule has 0 amide bonds. The molecular weight excluding hydrogens is 376 g/mol. The van der Waals surface area contributed by atoms with Gasteiger partial charge in [0.15, 0.2) is 0 Å². The zero-order valence-corrected chi connectivity index (χ0v) is 18.1. The van der Waals surface area contributed by atoms with Crippen LogP contribution < -0.4 is 5.32 Å². The van der Waals surface area contributed by atoms with E-state index in [1.54, 1.807) is 7.11 Å². The van der Waals surface area contributed by atoms with Crippen molar-refractivity contribution in [1.29, 1.82) is 0 Å². The Bertz CT molecular complexity index is 903. The van der Waals surface area contributed by atoms with Gasteiger partial charge in [0, 0.05) is 18.8 Å². The fourth-order valence-electron chi connectivity index (χ4n) is 6.85. The van der Waals surface area contributed by atoms with Crippen LogP contribution in [0.3, 0.4) is 0 Å². The lowest BCUT2D eigenvalue weighted by Gasteiger charge is -2.42. The maximum atomic E-state index is 13.2. The Morgan fingerprint density at radius 1 is 1.13 bits per heavy atom. The average Bonchev–Trinajstić information content (AvgIpc) is 3.17. The van der Waals surface area contributed by atoms with Crippen molar-refractivity contribution < 1.29 is 14.3 Å². The first-order valence-corrected chi connectivity index (χ1v) is 11.7. The molecule has 2 saturated carbocycles. The van der Waals surface area contributed by atoms with Crippen LogP contribution in [0.4, 0.5) is 11.4 Å². The number of hydrogen-bond acceptors (Lipinski definition) is 4. The lowest BCUT2D eigenvalue weighted by atomic mass is 9.65. The van der Waals surface area contributed by atoms with Crippen LogP contribution in [-0.4, -0.2) is 31.8 Å². The second kappa shape index (κ2) is 7.89. The monoisotopic (exact) mass is 408 g/mol. The Kier molecular flexibility index (Phi) is 5.23. The van der Waals surface area contributed by atoms with Crippen molar-refractivity contribution in [1.82, 2.24) is 0 Å². The van der Waals surface area contributed by atoms with Crippen LogP contribution in [-0.2, 0) is 15.9 Å². The van der Waals surface area contributed by atoms with Crippen molar-refractivity contribution in [3.63, 3.8) is 0 Å². The highest BCUT2D eigenvalue weighted by Gasteiger charge is 2.45. The highest BCUT2D eigenvalue weighted by molar-refractivity contribution is 6.02. The summed E-state index contributed by atoms with van der Waals surface area (Å²) < 4.78 is 11.2. The second-order valence-corrected chi connectivity index (χ2v) is 9.45. The fraction of sp³-hybridized carbons (Fsp3) is 0.680. The predicted octanol–water partition coefficient (Wildman–Crippen LogP) is 5.71. The van der Waals surface area contributed by atoms with Gasteiger partial charge in [-0.05, 0) is 86.3 Å².